The second kappa shape index (κ2) is 7.54. The molecule has 5 heteroatoms. The summed E-state index contributed by atoms with van der Waals surface area (Å²) in [6.07, 6.45) is 3.82. The van der Waals surface area contributed by atoms with Gasteiger partial charge in [0.15, 0.2) is 0 Å². The van der Waals surface area contributed by atoms with Gasteiger partial charge in [-0.2, -0.15) is 0 Å². The number of anilines is 2. The Hall–Kier alpha value is -2.43. The highest BCUT2D eigenvalue weighted by Gasteiger charge is 2.16. The zero-order valence-electron chi connectivity index (χ0n) is 13.4. The summed E-state index contributed by atoms with van der Waals surface area (Å²) in [6, 6.07) is 11.2. The van der Waals surface area contributed by atoms with E-state index in [0.717, 1.165) is 25.1 Å². The van der Waals surface area contributed by atoms with E-state index >= 15 is 0 Å². The molecule has 0 saturated carbocycles. The van der Waals surface area contributed by atoms with Crippen LogP contribution in [0.2, 0.25) is 0 Å². The average molecular weight is 298 g/mol. The van der Waals surface area contributed by atoms with E-state index in [1.807, 2.05) is 42.3 Å². The van der Waals surface area contributed by atoms with Crippen LogP contribution in [-0.2, 0) is 0 Å². The predicted molar refractivity (Wildman–Crippen MR) is 89.4 cm³/mol. The fourth-order valence-electron chi connectivity index (χ4n) is 2.09. The number of nitrogens with zero attached hydrogens (tertiary/aromatic N) is 4. The Morgan fingerprint density at radius 1 is 1.14 bits per heavy atom. The third-order valence-corrected chi connectivity index (χ3v) is 3.50. The summed E-state index contributed by atoms with van der Waals surface area (Å²) in [5.74, 6) is 0.444. The summed E-state index contributed by atoms with van der Waals surface area (Å²) in [7, 11) is 3.69. The maximum atomic E-state index is 12.6. The Kier molecular flexibility index (Phi) is 5.47. The van der Waals surface area contributed by atoms with E-state index < -0.39 is 0 Å². The molecule has 1 aromatic carbocycles. The molecule has 0 spiro atoms. The third kappa shape index (κ3) is 3.81. The van der Waals surface area contributed by atoms with Gasteiger partial charge in [-0.3, -0.25) is 4.79 Å². The van der Waals surface area contributed by atoms with Crippen LogP contribution in [0.5, 0.6) is 0 Å². The molecule has 0 aliphatic carbocycles. The van der Waals surface area contributed by atoms with Gasteiger partial charge in [-0.15, -0.1) is 0 Å². The van der Waals surface area contributed by atoms with Gasteiger partial charge in [0.25, 0.3) is 5.91 Å². The molecule has 0 atom stereocenters. The van der Waals surface area contributed by atoms with Crippen molar-refractivity contribution >= 4 is 17.5 Å². The normalized spacial score (nSPS) is 10.3. The van der Waals surface area contributed by atoms with Gasteiger partial charge < -0.3 is 9.80 Å². The molecule has 2 aromatic rings. The fourth-order valence-corrected chi connectivity index (χ4v) is 2.09. The lowest BCUT2D eigenvalue weighted by atomic mass is 10.2. The van der Waals surface area contributed by atoms with Crippen molar-refractivity contribution in [2.75, 3.05) is 30.4 Å². The summed E-state index contributed by atoms with van der Waals surface area (Å²) in [5.41, 5.74) is 1.24. The van der Waals surface area contributed by atoms with Gasteiger partial charge in [-0.25, -0.2) is 9.97 Å². The topological polar surface area (TPSA) is 49.3 Å². The number of para-hydroxylation sites is 1. The first kappa shape index (κ1) is 15.9. The molecule has 1 aromatic heterocycles. The van der Waals surface area contributed by atoms with Crippen molar-refractivity contribution in [2.45, 2.75) is 19.8 Å². The molecule has 116 valence electrons. The number of rotatable bonds is 6. The number of carbonyl (C=O) groups is 1. The van der Waals surface area contributed by atoms with Gasteiger partial charge >= 0.3 is 0 Å². The molecule has 1 amide bonds. The maximum Gasteiger partial charge on any atom is 0.276 e. The predicted octanol–water partition coefficient (Wildman–Crippen LogP) is 2.99. The summed E-state index contributed by atoms with van der Waals surface area (Å²) in [4.78, 5) is 24.8. The molecule has 0 unspecified atom stereocenters. The average Bonchev–Trinajstić information content (AvgIpc) is 2.59. The van der Waals surface area contributed by atoms with E-state index in [9.17, 15) is 4.79 Å². The lowest BCUT2D eigenvalue weighted by molar-refractivity contribution is 0.0988. The molecule has 1 heterocycles. The van der Waals surface area contributed by atoms with Crippen LogP contribution in [0, 0.1) is 0 Å². The molecule has 2 rings (SSSR count). The van der Waals surface area contributed by atoms with Crippen LogP contribution in [0.25, 0.3) is 0 Å². The minimum atomic E-state index is -0.140. The highest BCUT2D eigenvalue weighted by molar-refractivity contribution is 6.04. The minimum absolute atomic E-state index is 0.140. The Bertz CT molecular complexity index is 615. The standard InChI is InChI=1S/C17H22N4O/c1-4-5-13-20(2)17-18-12-11-15(19-17)16(22)21(3)14-9-7-6-8-10-14/h6-12H,4-5,13H2,1-3H3. The van der Waals surface area contributed by atoms with E-state index in [4.69, 9.17) is 0 Å². The number of amides is 1. The molecular formula is C17H22N4O. The fraction of sp³-hybridized carbons (Fsp3) is 0.353. The summed E-state index contributed by atoms with van der Waals surface area (Å²) in [5, 5.41) is 0. The lowest BCUT2D eigenvalue weighted by Gasteiger charge is -2.19. The number of hydrogen-bond acceptors (Lipinski definition) is 4. The number of unbranched alkanes of at least 4 members (excludes halogenated alkanes) is 1. The first-order chi connectivity index (χ1) is 10.6. The van der Waals surface area contributed by atoms with Gasteiger partial charge in [0.1, 0.15) is 5.69 Å². The van der Waals surface area contributed by atoms with Crippen LogP contribution >= 0.6 is 0 Å². The van der Waals surface area contributed by atoms with Crippen LogP contribution in [0.3, 0.4) is 0 Å². The van der Waals surface area contributed by atoms with E-state index in [0.29, 0.717) is 11.6 Å². The summed E-state index contributed by atoms with van der Waals surface area (Å²) >= 11 is 0. The van der Waals surface area contributed by atoms with Crippen LogP contribution in [0.4, 0.5) is 11.6 Å². The van der Waals surface area contributed by atoms with Crippen LogP contribution in [0.15, 0.2) is 42.6 Å². The number of benzene rings is 1. The minimum Gasteiger partial charge on any atom is -0.344 e. The Morgan fingerprint density at radius 3 is 2.55 bits per heavy atom. The summed E-state index contributed by atoms with van der Waals surface area (Å²) in [6.45, 7) is 3.02. The van der Waals surface area contributed by atoms with Crippen LogP contribution in [-0.4, -0.2) is 36.5 Å². The third-order valence-electron chi connectivity index (χ3n) is 3.50. The molecule has 0 saturated heterocycles. The zero-order valence-corrected chi connectivity index (χ0v) is 13.4. The van der Waals surface area contributed by atoms with E-state index in [1.165, 1.54) is 0 Å². The van der Waals surface area contributed by atoms with E-state index in [-0.39, 0.29) is 5.91 Å². The molecule has 0 fully saturated rings. The van der Waals surface area contributed by atoms with Gasteiger partial charge in [0, 0.05) is 32.5 Å². The number of hydrogen-bond donors (Lipinski definition) is 0. The lowest BCUT2D eigenvalue weighted by Crippen LogP contribution is -2.28. The van der Waals surface area contributed by atoms with Crippen molar-refractivity contribution in [1.29, 1.82) is 0 Å². The van der Waals surface area contributed by atoms with Gasteiger partial charge in [-0.05, 0) is 24.6 Å². The van der Waals surface area contributed by atoms with Crippen molar-refractivity contribution in [3.63, 3.8) is 0 Å². The van der Waals surface area contributed by atoms with Crippen molar-refractivity contribution in [1.82, 2.24) is 9.97 Å². The maximum absolute atomic E-state index is 12.6. The first-order valence-corrected chi connectivity index (χ1v) is 7.50. The smallest absolute Gasteiger partial charge is 0.276 e. The van der Waals surface area contributed by atoms with Gasteiger partial charge in [0.05, 0.1) is 0 Å². The number of carbonyl (C=O) groups excluding carboxylic acids is 1. The first-order valence-electron chi connectivity index (χ1n) is 7.50. The monoisotopic (exact) mass is 298 g/mol. The van der Waals surface area contributed by atoms with Crippen molar-refractivity contribution in [3.05, 3.63) is 48.3 Å². The molecular weight excluding hydrogens is 276 g/mol. The Balaban J connectivity index is 2.16. The SMILES string of the molecule is CCCCN(C)c1nccc(C(=O)N(C)c2ccccc2)n1. The highest BCUT2D eigenvalue weighted by Crippen LogP contribution is 2.15. The van der Waals surface area contributed by atoms with Crippen molar-refractivity contribution < 1.29 is 4.79 Å². The molecule has 0 aliphatic rings. The van der Waals surface area contributed by atoms with E-state index in [1.54, 1.807) is 24.2 Å². The second-order valence-electron chi connectivity index (χ2n) is 5.22. The summed E-state index contributed by atoms with van der Waals surface area (Å²) < 4.78 is 0. The second-order valence-corrected chi connectivity index (χ2v) is 5.22. The van der Waals surface area contributed by atoms with Crippen LogP contribution < -0.4 is 9.80 Å². The van der Waals surface area contributed by atoms with Crippen molar-refractivity contribution in [3.8, 4) is 0 Å². The quantitative estimate of drug-likeness (QED) is 0.822. The molecule has 0 aliphatic heterocycles. The van der Waals surface area contributed by atoms with Gasteiger partial charge in [-0.1, -0.05) is 31.5 Å². The molecule has 22 heavy (non-hydrogen) atoms. The van der Waals surface area contributed by atoms with Crippen LogP contribution in [0.1, 0.15) is 30.3 Å². The Labute approximate surface area is 131 Å². The Morgan fingerprint density at radius 2 is 1.86 bits per heavy atom. The molecule has 5 nitrogen and oxygen atoms in total. The van der Waals surface area contributed by atoms with Gasteiger partial charge in [0.2, 0.25) is 5.95 Å². The molecule has 0 radical (unpaired) electrons. The number of aromatic nitrogens is 2. The highest BCUT2D eigenvalue weighted by atomic mass is 16.2. The van der Waals surface area contributed by atoms with E-state index in [2.05, 4.69) is 16.9 Å². The molecule has 0 N–H and O–H groups in total. The zero-order chi connectivity index (χ0) is 15.9. The largest absolute Gasteiger partial charge is 0.344 e. The molecule has 0 bridgehead atoms. The van der Waals surface area contributed by atoms with Crippen molar-refractivity contribution in [2.24, 2.45) is 0 Å².